The first kappa shape index (κ1) is 14.7. The van der Waals surface area contributed by atoms with E-state index in [0.717, 1.165) is 31.5 Å². The second kappa shape index (κ2) is 7.80. The maximum Gasteiger partial charge on any atom is 0.247 e. The Balaban J connectivity index is 1.85. The van der Waals surface area contributed by atoms with Gasteiger partial charge >= 0.3 is 0 Å². The lowest BCUT2D eigenvalue weighted by molar-refractivity contribution is -0.118. The third kappa shape index (κ3) is 4.17. The molecule has 1 aliphatic heterocycles. The number of aryl methyl sites for hydroxylation is 1. The molecule has 0 aromatic heterocycles. The van der Waals surface area contributed by atoms with Crippen molar-refractivity contribution in [2.45, 2.75) is 44.9 Å². The van der Waals surface area contributed by atoms with Crippen molar-refractivity contribution in [3.8, 4) is 0 Å². The number of benzene rings is 1. The molecule has 1 heterocycles. The monoisotopic (exact) mass is 273 g/mol. The van der Waals surface area contributed by atoms with Gasteiger partial charge in [0, 0.05) is 12.6 Å². The van der Waals surface area contributed by atoms with Gasteiger partial charge in [-0.15, -0.1) is 0 Å². The number of nitrogens with two attached hydrogens (primary N) is 1. The Hall–Kier alpha value is -1.68. The van der Waals surface area contributed by atoms with Crippen LogP contribution in [-0.2, 0) is 11.2 Å². The first-order chi connectivity index (χ1) is 9.81. The zero-order valence-corrected chi connectivity index (χ0v) is 11.9. The van der Waals surface area contributed by atoms with Crippen molar-refractivity contribution in [1.29, 1.82) is 0 Å². The molecule has 0 saturated heterocycles. The Bertz CT molecular complexity index is 453. The van der Waals surface area contributed by atoms with Crippen LogP contribution < -0.4 is 10.7 Å². The second-order valence-corrected chi connectivity index (χ2v) is 5.16. The zero-order chi connectivity index (χ0) is 14.2. The van der Waals surface area contributed by atoms with E-state index in [1.165, 1.54) is 29.8 Å². The topological polar surface area (TPSA) is 58.7 Å². The molecular formula is C16H23N3O. The van der Waals surface area contributed by atoms with Crippen molar-refractivity contribution in [2.24, 2.45) is 10.8 Å². The minimum atomic E-state index is 0.0713. The van der Waals surface area contributed by atoms with Gasteiger partial charge in [-0.1, -0.05) is 25.0 Å². The second-order valence-electron chi connectivity index (χ2n) is 5.16. The van der Waals surface area contributed by atoms with Crippen LogP contribution in [0.4, 0.5) is 5.69 Å². The molecule has 1 aromatic rings. The van der Waals surface area contributed by atoms with Gasteiger partial charge in [0.05, 0.1) is 5.69 Å². The SMILES string of the molecule is NCCCCCCc1ccc(N2N=CCCC2=O)cc1. The number of hydrogen-bond acceptors (Lipinski definition) is 3. The van der Waals surface area contributed by atoms with Gasteiger partial charge < -0.3 is 5.73 Å². The molecule has 0 bridgehead atoms. The quantitative estimate of drug-likeness (QED) is 0.777. The molecule has 0 atom stereocenters. The van der Waals surface area contributed by atoms with Gasteiger partial charge in [0.2, 0.25) is 5.91 Å². The van der Waals surface area contributed by atoms with Gasteiger partial charge in [-0.25, -0.2) is 5.01 Å². The number of rotatable bonds is 7. The summed E-state index contributed by atoms with van der Waals surface area (Å²) in [6, 6.07) is 8.15. The van der Waals surface area contributed by atoms with E-state index >= 15 is 0 Å². The van der Waals surface area contributed by atoms with Crippen molar-refractivity contribution in [2.75, 3.05) is 11.6 Å². The van der Waals surface area contributed by atoms with Crippen LogP contribution in [0, 0.1) is 0 Å². The van der Waals surface area contributed by atoms with Crippen molar-refractivity contribution >= 4 is 17.8 Å². The third-order valence-corrected chi connectivity index (χ3v) is 3.52. The van der Waals surface area contributed by atoms with E-state index in [0.29, 0.717) is 6.42 Å². The number of carbonyl (C=O) groups is 1. The summed E-state index contributed by atoms with van der Waals surface area (Å²) in [4.78, 5) is 11.8. The lowest BCUT2D eigenvalue weighted by Gasteiger charge is -2.20. The third-order valence-electron chi connectivity index (χ3n) is 3.52. The van der Waals surface area contributed by atoms with Crippen LogP contribution in [0.15, 0.2) is 29.4 Å². The maximum absolute atomic E-state index is 11.8. The molecule has 108 valence electrons. The van der Waals surface area contributed by atoms with Crippen molar-refractivity contribution in [3.63, 3.8) is 0 Å². The summed E-state index contributed by atoms with van der Waals surface area (Å²) in [7, 11) is 0. The van der Waals surface area contributed by atoms with Gasteiger partial charge in [-0.05, 0) is 49.9 Å². The molecule has 0 spiro atoms. The highest BCUT2D eigenvalue weighted by molar-refractivity contribution is 5.96. The van der Waals surface area contributed by atoms with E-state index in [1.807, 2.05) is 12.1 Å². The van der Waals surface area contributed by atoms with Gasteiger partial charge in [0.15, 0.2) is 0 Å². The number of anilines is 1. The minimum absolute atomic E-state index is 0.0713. The van der Waals surface area contributed by atoms with E-state index < -0.39 is 0 Å². The molecule has 0 saturated carbocycles. The first-order valence-corrected chi connectivity index (χ1v) is 7.45. The zero-order valence-electron chi connectivity index (χ0n) is 11.9. The van der Waals surface area contributed by atoms with E-state index in [9.17, 15) is 4.79 Å². The summed E-state index contributed by atoms with van der Waals surface area (Å²) in [6.07, 6.45) is 8.94. The summed E-state index contributed by atoms with van der Waals surface area (Å²) in [5.74, 6) is 0.0713. The van der Waals surface area contributed by atoms with Gasteiger partial charge in [0.25, 0.3) is 0 Å². The van der Waals surface area contributed by atoms with Crippen molar-refractivity contribution in [1.82, 2.24) is 0 Å². The van der Waals surface area contributed by atoms with Crippen LogP contribution in [0.5, 0.6) is 0 Å². The normalized spacial score (nSPS) is 14.8. The number of hydrazone groups is 1. The lowest BCUT2D eigenvalue weighted by atomic mass is 10.1. The van der Waals surface area contributed by atoms with E-state index in [4.69, 9.17) is 5.73 Å². The van der Waals surface area contributed by atoms with Crippen LogP contribution >= 0.6 is 0 Å². The fourth-order valence-corrected chi connectivity index (χ4v) is 2.34. The maximum atomic E-state index is 11.8. The Morgan fingerprint density at radius 1 is 1.10 bits per heavy atom. The molecular weight excluding hydrogens is 250 g/mol. The van der Waals surface area contributed by atoms with Crippen LogP contribution in [0.25, 0.3) is 0 Å². The van der Waals surface area contributed by atoms with Crippen LogP contribution in [-0.4, -0.2) is 18.7 Å². The summed E-state index contributed by atoms with van der Waals surface area (Å²) >= 11 is 0. The molecule has 1 amide bonds. The fraction of sp³-hybridized carbons (Fsp3) is 0.500. The van der Waals surface area contributed by atoms with Crippen LogP contribution in [0.3, 0.4) is 0 Å². The summed E-state index contributed by atoms with van der Waals surface area (Å²) in [5.41, 5.74) is 7.65. The molecule has 0 fully saturated rings. The largest absolute Gasteiger partial charge is 0.330 e. The molecule has 0 radical (unpaired) electrons. The number of amides is 1. The predicted octanol–water partition coefficient (Wildman–Crippen LogP) is 2.86. The smallest absolute Gasteiger partial charge is 0.247 e. The average Bonchev–Trinajstić information content (AvgIpc) is 2.48. The highest BCUT2D eigenvalue weighted by atomic mass is 16.2. The lowest BCUT2D eigenvalue weighted by Crippen LogP contribution is -2.28. The number of hydrogen-bond donors (Lipinski definition) is 1. The molecule has 1 aliphatic rings. The Labute approximate surface area is 120 Å². The van der Waals surface area contributed by atoms with E-state index in [1.54, 1.807) is 6.21 Å². The number of nitrogens with zero attached hydrogens (tertiary/aromatic N) is 2. The molecule has 20 heavy (non-hydrogen) atoms. The van der Waals surface area contributed by atoms with Crippen LogP contribution in [0.1, 0.15) is 44.1 Å². The number of carbonyl (C=O) groups excluding carboxylic acids is 1. The molecule has 2 N–H and O–H groups in total. The minimum Gasteiger partial charge on any atom is -0.330 e. The average molecular weight is 273 g/mol. The molecule has 4 heteroatoms. The van der Waals surface area contributed by atoms with E-state index in [2.05, 4.69) is 17.2 Å². The molecule has 0 unspecified atom stereocenters. The summed E-state index contributed by atoms with van der Waals surface area (Å²) in [6.45, 7) is 0.791. The van der Waals surface area contributed by atoms with Crippen molar-refractivity contribution in [3.05, 3.63) is 29.8 Å². The Kier molecular flexibility index (Phi) is 5.74. The standard InChI is InChI=1S/C16H23N3O/c17-12-4-2-1-3-6-14-8-10-15(11-9-14)19-16(20)7-5-13-18-19/h8-11,13H,1-7,12,17H2. The van der Waals surface area contributed by atoms with Crippen LogP contribution in [0.2, 0.25) is 0 Å². The molecule has 4 nitrogen and oxygen atoms in total. The van der Waals surface area contributed by atoms with Gasteiger partial charge in [0.1, 0.15) is 0 Å². The Morgan fingerprint density at radius 2 is 1.85 bits per heavy atom. The Morgan fingerprint density at radius 3 is 2.55 bits per heavy atom. The molecule has 2 rings (SSSR count). The molecule has 1 aromatic carbocycles. The molecule has 0 aliphatic carbocycles. The van der Waals surface area contributed by atoms with E-state index in [-0.39, 0.29) is 5.91 Å². The highest BCUT2D eigenvalue weighted by Crippen LogP contribution is 2.20. The summed E-state index contributed by atoms with van der Waals surface area (Å²) < 4.78 is 0. The van der Waals surface area contributed by atoms with Gasteiger partial charge in [-0.2, -0.15) is 5.10 Å². The predicted molar refractivity (Wildman–Crippen MR) is 82.9 cm³/mol. The highest BCUT2D eigenvalue weighted by Gasteiger charge is 2.16. The summed E-state index contributed by atoms with van der Waals surface area (Å²) in [5, 5.41) is 5.65. The first-order valence-electron chi connectivity index (χ1n) is 7.45. The number of unbranched alkanes of at least 4 members (excludes halogenated alkanes) is 3. The fourth-order valence-electron chi connectivity index (χ4n) is 2.34. The van der Waals surface area contributed by atoms with Crippen molar-refractivity contribution < 1.29 is 4.79 Å². The van der Waals surface area contributed by atoms with Gasteiger partial charge in [-0.3, -0.25) is 4.79 Å².